The maximum atomic E-state index is 12.7. The Morgan fingerprint density at radius 3 is 2.57 bits per heavy atom. The molecule has 0 aliphatic carbocycles. The van der Waals surface area contributed by atoms with E-state index in [0.717, 1.165) is 4.90 Å². The van der Waals surface area contributed by atoms with Gasteiger partial charge in [-0.1, -0.05) is 12.1 Å². The van der Waals surface area contributed by atoms with Crippen LogP contribution >= 0.6 is 0 Å². The zero-order chi connectivity index (χ0) is 16.6. The number of rotatable bonds is 5. The Hall–Kier alpha value is -2.13. The summed E-state index contributed by atoms with van der Waals surface area (Å²) in [7, 11) is -3.73. The van der Waals surface area contributed by atoms with Crippen molar-refractivity contribution in [3.8, 4) is 5.75 Å². The number of carbonyl (C=O) groups excluding carboxylic acids is 2. The number of amides is 2. The van der Waals surface area contributed by atoms with Crippen LogP contribution in [0.1, 0.15) is 6.92 Å². The van der Waals surface area contributed by atoms with E-state index >= 15 is 0 Å². The third-order valence-corrected chi connectivity index (χ3v) is 5.62. The monoisotopic (exact) mass is 340 g/mol. The minimum absolute atomic E-state index is 0.0592. The fraction of sp³-hybridized carbons (Fsp3) is 0.429. The minimum Gasteiger partial charge on any atom is -0.492 e. The molecule has 8 nitrogen and oxygen atoms in total. The number of sulfonamides is 1. The summed E-state index contributed by atoms with van der Waals surface area (Å²) in [6.07, 6.45) is -0.716. The SMILES string of the molecule is CCOc1ccccc1S(=O)(=O)N1CC(N2C(=O)COC2=O)C1. The molecule has 23 heavy (non-hydrogen) atoms. The molecule has 0 atom stereocenters. The number of ether oxygens (including phenoxy) is 2. The lowest BCUT2D eigenvalue weighted by Gasteiger charge is -2.40. The van der Waals surface area contributed by atoms with Crippen molar-refractivity contribution in [2.45, 2.75) is 17.9 Å². The smallest absolute Gasteiger partial charge is 0.417 e. The normalized spacial score (nSPS) is 19.6. The second-order valence-electron chi connectivity index (χ2n) is 5.17. The van der Waals surface area contributed by atoms with Crippen molar-refractivity contribution >= 4 is 22.0 Å². The zero-order valence-corrected chi connectivity index (χ0v) is 13.3. The Morgan fingerprint density at radius 1 is 1.26 bits per heavy atom. The van der Waals surface area contributed by atoms with Gasteiger partial charge in [0.1, 0.15) is 10.6 Å². The first-order chi connectivity index (χ1) is 10.9. The summed E-state index contributed by atoms with van der Waals surface area (Å²) in [5.74, 6) is -0.151. The number of para-hydroxylation sites is 1. The largest absolute Gasteiger partial charge is 0.492 e. The highest BCUT2D eigenvalue weighted by molar-refractivity contribution is 7.89. The number of imide groups is 1. The summed E-state index contributed by atoms with van der Waals surface area (Å²) in [5, 5.41) is 0. The molecule has 0 spiro atoms. The number of benzene rings is 1. The van der Waals surface area contributed by atoms with Crippen molar-refractivity contribution in [3.05, 3.63) is 24.3 Å². The van der Waals surface area contributed by atoms with Crippen molar-refractivity contribution in [3.63, 3.8) is 0 Å². The maximum Gasteiger partial charge on any atom is 0.417 e. The van der Waals surface area contributed by atoms with E-state index in [9.17, 15) is 18.0 Å². The van der Waals surface area contributed by atoms with Gasteiger partial charge in [0.15, 0.2) is 6.61 Å². The maximum absolute atomic E-state index is 12.7. The van der Waals surface area contributed by atoms with Crippen LogP contribution in [0.3, 0.4) is 0 Å². The zero-order valence-electron chi connectivity index (χ0n) is 12.5. The summed E-state index contributed by atoms with van der Waals surface area (Å²) in [4.78, 5) is 24.1. The second kappa shape index (κ2) is 5.82. The molecule has 3 rings (SSSR count). The van der Waals surface area contributed by atoms with Crippen molar-refractivity contribution < 1.29 is 27.5 Å². The molecule has 0 aromatic heterocycles. The number of carbonyl (C=O) groups is 2. The summed E-state index contributed by atoms with van der Waals surface area (Å²) < 4.78 is 36.5. The van der Waals surface area contributed by atoms with Gasteiger partial charge in [-0.15, -0.1) is 0 Å². The van der Waals surface area contributed by atoms with Gasteiger partial charge in [0.05, 0.1) is 12.6 Å². The lowest BCUT2D eigenvalue weighted by molar-refractivity contribution is -0.128. The molecule has 0 N–H and O–H groups in total. The number of hydrogen-bond acceptors (Lipinski definition) is 6. The number of cyclic esters (lactones) is 1. The van der Waals surface area contributed by atoms with E-state index in [1.54, 1.807) is 25.1 Å². The predicted octanol–water partition coefficient (Wildman–Crippen LogP) is 0.437. The average molecular weight is 340 g/mol. The highest BCUT2D eigenvalue weighted by Gasteiger charge is 2.47. The molecule has 2 saturated heterocycles. The van der Waals surface area contributed by atoms with Crippen LogP contribution in [0.15, 0.2) is 29.2 Å². The van der Waals surface area contributed by atoms with Gasteiger partial charge < -0.3 is 9.47 Å². The lowest BCUT2D eigenvalue weighted by Crippen LogP contribution is -2.62. The van der Waals surface area contributed by atoms with Crippen LogP contribution in [0.2, 0.25) is 0 Å². The van der Waals surface area contributed by atoms with E-state index in [4.69, 9.17) is 4.74 Å². The van der Waals surface area contributed by atoms with E-state index < -0.39 is 28.1 Å². The minimum atomic E-state index is -3.73. The van der Waals surface area contributed by atoms with Gasteiger partial charge in [-0.25, -0.2) is 18.1 Å². The van der Waals surface area contributed by atoms with Gasteiger partial charge in [-0.3, -0.25) is 4.79 Å². The number of hydrogen-bond donors (Lipinski definition) is 0. The Bertz CT molecular complexity index is 725. The Labute approximate surface area is 133 Å². The summed E-state index contributed by atoms with van der Waals surface area (Å²) in [6, 6.07) is 5.90. The van der Waals surface area contributed by atoms with Crippen molar-refractivity contribution in [1.29, 1.82) is 0 Å². The molecule has 1 aromatic rings. The molecular weight excluding hydrogens is 324 g/mol. The molecule has 2 heterocycles. The van der Waals surface area contributed by atoms with Crippen molar-refractivity contribution in [1.82, 2.24) is 9.21 Å². The fourth-order valence-corrected chi connectivity index (χ4v) is 4.22. The highest BCUT2D eigenvalue weighted by Crippen LogP contribution is 2.31. The third-order valence-electron chi connectivity index (χ3n) is 3.75. The molecule has 2 aliphatic rings. The first-order valence-corrected chi connectivity index (χ1v) is 8.60. The Balaban J connectivity index is 1.76. The number of nitrogens with zero attached hydrogens (tertiary/aromatic N) is 2. The molecule has 2 aliphatic heterocycles. The second-order valence-corrected chi connectivity index (χ2v) is 7.08. The van der Waals surface area contributed by atoms with Gasteiger partial charge in [0, 0.05) is 13.1 Å². The van der Waals surface area contributed by atoms with Crippen molar-refractivity contribution in [2.24, 2.45) is 0 Å². The van der Waals surface area contributed by atoms with Crippen molar-refractivity contribution in [2.75, 3.05) is 26.3 Å². The molecule has 2 fully saturated rings. The summed E-state index contributed by atoms with van der Waals surface area (Å²) in [6.45, 7) is 1.96. The van der Waals surface area contributed by atoms with Crippen LogP contribution in [-0.4, -0.2) is 62.0 Å². The first kappa shape index (κ1) is 15.8. The first-order valence-electron chi connectivity index (χ1n) is 7.16. The Kier molecular flexibility index (Phi) is 3.99. The van der Waals surface area contributed by atoms with Crippen LogP contribution in [0, 0.1) is 0 Å². The molecular formula is C14H16N2O6S. The van der Waals surface area contributed by atoms with E-state index in [1.807, 2.05) is 0 Å². The molecule has 2 amide bonds. The summed E-state index contributed by atoms with van der Waals surface area (Å²) >= 11 is 0. The molecule has 124 valence electrons. The van der Waals surface area contributed by atoms with Gasteiger partial charge in [-0.05, 0) is 19.1 Å². The quantitative estimate of drug-likeness (QED) is 0.772. The van der Waals surface area contributed by atoms with Gasteiger partial charge in [-0.2, -0.15) is 4.31 Å². The molecule has 0 saturated carbocycles. The third kappa shape index (κ3) is 2.66. The molecule has 9 heteroatoms. The summed E-state index contributed by atoms with van der Waals surface area (Å²) in [5.41, 5.74) is 0. The Morgan fingerprint density at radius 2 is 1.96 bits per heavy atom. The van der Waals surface area contributed by atoms with E-state index in [-0.39, 0.29) is 30.3 Å². The van der Waals surface area contributed by atoms with Gasteiger partial charge in [0.25, 0.3) is 5.91 Å². The van der Waals surface area contributed by atoms with Crippen LogP contribution in [0.5, 0.6) is 5.75 Å². The van der Waals surface area contributed by atoms with Crippen LogP contribution in [-0.2, 0) is 19.6 Å². The predicted molar refractivity (Wildman–Crippen MR) is 78.4 cm³/mol. The van der Waals surface area contributed by atoms with Crippen LogP contribution in [0.4, 0.5) is 4.79 Å². The topological polar surface area (TPSA) is 93.2 Å². The fourth-order valence-electron chi connectivity index (χ4n) is 2.57. The van der Waals surface area contributed by atoms with E-state index in [1.165, 1.54) is 10.4 Å². The van der Waals surface area contributed by atoms with E-state index in [2.05, 4.69) is 4.74 Å². The molecule has 0 unspecified atom stereocenters. The lowest BCUT2D eigenvalue weighted by atomic mass is 10.1. The molecule has 1 aromatic carbocycles. The molecule has 0 bridgehead atoms. The standard InChI is InChI=1S/C14H16N2O6S/c1-2-21-11-5-3-4-6-12(11)23(19,20)15-7-10(8-15)16-13(17)9-22-14(16)18/h3-6,10H,2,7-9H2,1H3. The van der Waals surface area contributed by atoms with Gasteiger partial charge in [0.2, 0.25) is 10.0 Å². The van der Waals surface area contributed by atoms with E-state index in [0.29, 0.717) is 6.61 Å². The van der Waals surface area contributed by atoms with Gasteiger partial charge >= 0.3 is 6.09 Å². The molecule has 0 radical (unpaired) electrons. The van der Waals surface area contributed by atoms with Crippen LogP contribution < -0.4 is 4.74 Å². The van der Waals surface area contributed by atoms with Crippen LogP contribution in [0.25, 0.3) is 0 Å². The average Bonchev–Trinajstić information content (AvgIpc) is 2.78. The highest BCUT2D eigenvalue weighted by atomic mass is 32.2.